The van der Waals surface area contributed by atoms with Crippen LogP contribution in [0.1, 0.15) is 12.8 Å². The van der Waals surface area contributed by atoms with Gasteiger partial charge in [-0.25, -0.2) is 13.2 Å². The molecule has 1 aromatic rings. The molecule has 0 aliphatic rings. The highest BCUT2D eigenvalue weighted by molar-refractivity contribution is 7.98. The van der Waals surface area contributed by atoms with Gasteiger partial charge < -0.3 is 5.32 Å². The average molecular weight is 249 g/mol. The Morgan fingerprint density at radius 2 is 1.75 bits per heavy atom. The van der Waals surface area contributed by atoms with Gasteiger partial charge in [0.25, 0.3) is 0 Å². The minimum absolute atomic E-state index is 0.0167. The number of benzene rings is 1. The van der Waals surface area contributed by atoms with Crippen LogP contribution in [0, 0.1) is 17.5 Å². The van der Waals surface area contributed by atoms with Crippen molar-refractivity contribution in [2.75, 3.05) is 23.9 Å². The van der Waals surface area contributed by atoms with E-state index in [0.717, 1.165) is 24.7 Å². The zero-order chi connectivity index (χ0) is 12.0. The van der Waals surface area contributed by atoms with Crippen LogP contribution in [0.4, 0.5) is 18.9 Å². The van der Waals surface area contributed by atoms with Crippen LogP contribution in [0.2, 0.25) is 0 Å². The van der Waals surface area contributed by atoms with E-state index in [4.69, 9.17) is 0 Å². The van der Waals surface area contributed by atoms with Gasteiger partial charge in [0.05, 0.1) is 5.69 Å². The predicted octanol–water partition coefficient (Wildman–Crippen LogP) is 3.66. The maximum absolute atomic E-state index is 13.1. The molecule has 1 rings (SSSR count). The lowest BCUT2D eigenvalue weighted by atomic mass is 10.2. The van der Waals surface area contributed by atoms with E-state index in [1.54, 1.807) is 11.8 Å². The lowest BCUT2D eigenvalue weighted by molar-refractivity contribution is 0.496. The fourth-order valence-electron chi connectivity index (χ4n) is 1.25. The molecule has 0 bridgehead atoms. The molecule has 0 heterocycles. The van der Waals surface area contributed by atoms with Gasteiger partial charge in [-0.3, -0.25) is 0 Å². The summed E-state index contributed by atoms with van der Waals surface area (Å²) in [7, 11) is 0. The molecule has 1 aromatic carbocycles. The Labute approximate surface area is 97.4 Å². The van der Waals surface area contributed by atoms with Crippen LogP contribution in [0.15, 0.2) is 12.1 Å². The van der Waals surface area contributed by atoms with E-state index in [1.165, 1.54) is 0 Å². The summed E-state index contributed by atoms with van der Waals surface area (Å²) >= 11 is 1.74. The molecule has 0 aromatic heterocycles. The van der Waals surface area contributed by atoms with Crippen molar-refractivity contribution in [1.82, 2.24) is 0 Å². The molecule has 0 saturated carbocycles. The topological polar surface area (TPSA) is 12.0 Å². The molecule has 0 spiro atoms. The number of halogens is 3. The van der Waals surface area contributed by atoms with Crippen LogP contribution in [-0.4, -0.2) is 18.6 Å². The third-order valence-electron chi connectivity index (χ3n) is 2.10. The Balaban J connectivity index is 2.45. The molecule has 16 heavy (non-hydrogen) atoms. The molecule has 90 valence electrons. The van der Waals surface area contributed by atoms with E-state index in [-0.39, 0.29) is 5.69 Å². The second-order valence-corrected chi connectivity index (χ2v) is 4.36. The van der Waals surface area contributed by atoms with Crippen molar-refractivity contribution in [2.24, 2.45) is 0 Å². The lowest BCUT2D eigenvalue weighted by Gasteiger charge is -2.07. The van der Waals surface area contributed by atoms with E-state index >= 15 is 0 Å². The second-order valence-electron chi connectivity index (χ2n) is 3.37. The third kappa shape index (κ3) is 3.96. The number of rotatable bonds is 6. The Kier molecular flexibility index (Phi) is 5.52. The molecule has 0 fully saturated rings. The molecule has 0 atom stereocenters. The normalized spacial score (nSPS) is 10.5. The minimum Gasteiger partial charge on any atom is -0.383 e. The minimum atomic E-state index is -1.16. The average Bonchev–Trinajstić information content (AvgIpc) is 2.25. The van der Waals surface area contributed by atoms with Crippen LogP contribution >= 0.6 is 11.8 Å². The number of thioether (sulfide) groups is 1. The van der Waals surface area contributed by atoms with Crippen LogP contribution in [-0.2, 0) is 0 Å². The number of hydrogen-bond donors (Lipinski definition) is 1. The van der Waals surface area contributed by atoms with Crippen molar-refractivity contribution in [1.29, 1.82) is 0 Å². The standard InChI is InChI=1S/C11H14F3NS/c1-16-5-3-2-4-15-11-7-9(13)8(12)6-10(11)14/h6-7,15H,2-5H2,1H3. The molecule has 1 N–H and O–H groups in total. The lowest BCUT2D eigenvalue weighted by Crippen LogP contribution is -2.05. The fraction of sp³-hybridized carbons (Fsp3) is 0.455. The van der Waals surface area contributed by atoms with Gasteiger partial charge in [-0.15, -0.1) is 0 Å². The van der Waals surface area contributed by atoms with Crippen LogP contribution in [0.25, 0.3) is 0 Å². The monoisotopic (exact) mass is 249 g/mol. The maximum atomic E-state index is 13.1. The molecule has 0 amide bonds. The quantitative estimate of drug-likeness (QED) is 0.610. The highest BCUT2D eigenvalue weighted by Gasteiger charge is 2.08. The zero-order valence-corrected chi connectivity index (χ0v) is 9.84. The Morgan fingerprint density at radius 3 is 2.44 bits per heavy atom. The molecular weight excluding hydrogens is 235 g/mol. The van der Waals surface area contributed by atoms with Crippen molar-refractivity contribution in [3.8, 4) is 0 Å². The summed E-state index contributed by atoms with van der Waals surface area (Å²) in [5, 5.41) is 2.75. The van der Waals surface area contributed by atoms with Gasteiger partial charge >= 0.3 is 0 Å². The Morgan fingerprint density at radius 1 is 1.06 bits per heavy atom. The highest BCUT2D eigenvalue weighted by atomic mass is 32.2. The number of nitrogens with one attached hydrogen (secondary N) is 1. The molecule has 5 heteroatoms. The van der Waals surface area contributed by atoms with Crippen LogP contribution < -0.4 is 5.32 Å². The number of anilines is 1. The van der Waals surface area contributed by atoms with Gasteiger partial charge in [0.1, 0.15) is 5.82 Å². The first-order chi connectivity index (χ1) is 7.65. The van der Waals surface area contributed by atoms with Crippen LogP contribution in [0.3, 0.4) is 0 Å². The van der Waals surface area contributed by atoms with Crippen molar-refractivity contribution < 1.29 is 13.2 Å². The van der Waals surface area contributed by atoms with Gasteiger partial charge in [-0.05, 0) is 24.9 Å². The summed E-state index contributed by atoms with van der Waals surface area (Å²) in [5.74, 6) is -1.91. The largest absolute Gasteiger partial charge is 0.383 e. The molecule has 0 aliphatic carbocycles. The van der Waals surface area contributed by atoms with E-state index in [0.29, 0.717) is 12.6 Å². The first-order valence-corrected chi connectivity index (χ1v) is 6.42. The number of hydrogen-bond acceptors (Lipinski definition) is 2. The van der Waals surface area contributed by atoms with Crippen molar-refractivity contribution >= 4 is 17.4 Å². The third-order valence-corrected chi connectivity index (χ3v) is 2.80. The van der Waals surface area contributed by atoms with Gasteiger partial charge in [-0.1, -0.05) is 0 Å². The zero-order valence-electron chi connectivity index (χ0n) is 9.03. The smallest absolute Gasteiger partial charge is 0.161 e. The Bertz CT molecular complexity index is 344. The SMILES string of the molecule is CSCCCCNc1cc(F)c(F)cc1F. The maximum Gasteiger partial charge on any atom is 0.161 e. The molecule has 1 nitrogen and oxygen atoms in total. The van der Waals surface area contributed by atoms with E-state index < -0.39 is 17.5 Å². The summed E-state index contributed by atoms with van der Waals surface area (Å²) in [6.07, 6.45) is 3.90. The summed E-state index contributed by atoms with van der Waals surface area (Å²) in [4.78, 5) is 0. The molecule has 0 aliphatic heterocycles. The predicted molar refractivity (Wildman–Crippen MR) is 62.4 cm³/mol. The number of unbranched alkanes of at least 4 members (excludes halogenated alkanes) is 1. The first kappa shape index (κ1) is 13.2. The van der Waals surface area contributed by atoms with E-state index in [2.05, 4.69) is 5.32 Å². The molecule has 0 radical (unpaired) electrons. The molecule has 0 saturated heterocycles. The van der Waals surface area contributed by atoms with Crippen molar-refractivity contribution in [3.05, 3.63) is 29.6 Å². The highest BCUT2D eigenvalue weighted by Crippen LogP contribution is 2.18. The molecule has 0 unspecified atom stereocenters. The second kappa shape index (κ2) is 6.68. The summed E-state index contributed by atoms with van der Waals surface area (Å²) in [5.41, 5.74) is 0.0167. The summed E-state index contributed by atoms with van der Waals surface area (Å²) in [6, 6.07) is 1.40. The first-order valence-electron chi connectivity index (χ1n) is 5.02. The van der Waals surface area contributed by atoms with Crippen molar-refractivity contribution in [2.45, 2.75) is 12.8 Å². The van der Waals surface area contributed by atoms with Gasteiger partial charge in [0.15, 0.2) is 11.6 Å². The van der Waals surface area contributed by atoms with Gasteiger partial charge in [0.2, 0.25) is 0 Å². The van der Waals surface area contributed by atoms with E-state index in [1.807, 2.05) is 6.26 Å². The Hall–Kier alpha value is -0.840. The van der Waals surface area contributed by atoms with Crippen LogP contribution in [0.5, 0.6) is 0 Å². The van der Waals surface area contributed by atoms with Gasteiger partial charge in [0, 0.05) is 18.7 Å². The van der Waals surface area contributed by atoms with Crippen molar-refractivity contribution in [3.63, 3.8) is 0 Å². The summed E-state index contributed by atoms with van der Waals surface area (Å²) in [6.45, 7) is 0.558. The molecular formula is C11H14F3NS. The van der Waals surface area contributed by atoms with E-state index in [9.17, 15) is 13.2 Å². The fourth-order valence-corrected chi connectivity index (χ4v) is 1.75. The summed E-state index contributed by atoms with van der Waals surface area (Å²) < 4.78 is 38.5. The van der Waals surface area contributed by atoms with Gasteiger partial charge in [-0.2, -0.15) is 11.8 Å².